The molecule has 4 nitrogen and oxygen atoms in total. The van der Waals surface area contributed by atoms with Gasteiger partial charge in [0, 0.05) is 11.8 Å². The molecule has 1 aliphatic carbocycles. The minimum Gasteiger partial charge on any atom is -0.285 e. The van der Waals surface area contributed by atoms with E-state index in [-0.39, 0.29) is 6.04 Å². The van der Waals surface area contributed by atoms with Crippen LogP contribution in [0.25, 0.3) is 0 Å². The molecule has 4 N–H and O–H groups in total. The number of hydrogen-bond donors (Lipinski definition) is 3. The number of aromatic amines is 1. The van der Waals surface area contributed by atoms with Crippen molar-refractivity contribution in [3.63, 3.8) is 0 Å². The van der Waals surface area contributed by atoms with Crippen molar-refractivity contribution < 1.29 is 0 Å². The number of H-pyrrole nitrogens is 1. The lowest BCUT2D eigenvalue weighted by Crippen LogP contribution is -2.34. The highest BCUT2D eigenvalue weighted by molar-refractivity contribution is 5.10. The molecule has 0 bridgehead atoms. The molecule has 1 heterocycles. The van der Waals surface area contributed by atoms with E-state index >= 15 is 0 Å². The smallest absolute Gasteiger partial charge is 0.0535 e. The summed E-state index contributed by atoms with van der Waals surface area (Å²) in [6.45, 7) is 0. The number of nitrogens with zero attached hydrogens (tertiary/aromatic N) is 1. The number of hydrazine groups is 1. The number of rotatable bonds is 3. The summed E-state index contributed by atoms with van der Waals surface area (Å²) in [5.41, 5.74) is 4.09. The normalized spacial score (nSPS) is 20.9. The van der Waals surface area contributed by atoms with Crippen molar-refractivity contribution in [3.05, 3.63) is 18.0 Å². The summed E-state index contributed by atoms with van der Waals surface area (Å²) in [5.74, 6) is 6.28. The molecule has 1 atom stereocenters. The van der Waals surface area contributed by atoms with E-state index in [0.29, 0.717) is 5.92 Å². The van der Waals surface area contributed by atoms with Crippen LogP contribution in [0.15, 0.2) is 12.4 Å². The third-order valence-electron chi connectivity index (χ3n) is 3.18. The first-order valence-corrected chi connectivity index (χ1v) is 5.36. The standard InChI is InChI=1S/C10H18N4/c11-14-10(9-6-12-13-7-9)8-4-2-1-3-5-8/h6-8,10,14H,1-5,11H2,(H,12,13). The molecule has 0 aromatic carbocycles. The molecule has 1 aromatic heterocycles. The highest BCUT2D eigenvalue weighted by Crippen LogP contribution is 2.33. The van der Waals surface area contributed by atoms with Gasteiger partial charge in [0.1, 0.15) is 0 Å². The number of nitrogens with one attached hydrogen (secondary N) is 2. The van der Waals surface area contributed by atoms with Gasteiger partial charge in [-0.3, -0.25) is 16.4 Å². The molecular formula is C10H18N4. The average Bonchev–Trinajstić information content (AvgIpc) is 2.74. The van der Waals surface area contributed by atoms with E-state index in [1.54, 1.807) is 0 Å². The van der Waals surface area contributed by atoms with Gasteiger partial charge in [-0.2, -0.15) is 5.10 Å². The molecule has 2 rings (SSSR count). The Labute approximate surface area is 84.2 Å². The van der Waals surface area contributed by atoms with Crippen molar-refractivity contribution in [1.29, 1.82) is 0 Å². The van der Waals surface area contributed by atoms with Gasteiger partial charge in [-0.25, -0.2) is 0 Å². The van der Waals surface area contributed by atoms with E-state index in [9.17, 15) is 0 Å². The number of nitrogens with two attached hydrogens (primary N) is 1. The highest BCUT2D eigenvalue weighted by atomic mass is 15.2. The Morgan fingerprint density at radius 2 is 2.21 bits per heavy atom. The van der Waals surface area contributed by atoms with E-state index in [1.807, 2.05) is 12.4 Å². The van der Waals surface area contributed by atoms with Gasteiger partial charge in [0.05, 0.1) is 12.2 Å². The predicted octanol–water partition coefficient (Wildman–Crippen LogP) is 1.49. The third kappa shape index (κ3) is 1.96. The first-order valence-electron chi connectivity index (χ1n) is 5.36. The molecule has 0 amide bonds. The molecule has 0 spiro atoms. The Morgan fingerprint density at radius 1 is 1.43 bits per heavy atom. The molecule has 0 saturated heterocycles. The van der Waals surface area contributed by atoms with Gasteiger partial charge in [0.25, 0.3) is 0 Å². The molecular weight excluding hydrogens is 176 g/mol. The van der Waals surface area contributed by atoms with Gasteiger partial charge in [-0.15, -0.1) is 0 Å². The SMILES string of the molecule is NNC(c1cn[nH]c1)C1CCCCC1. The largest absolute Gasteiger partial charge is 0.285 e. The van der Waals surface area contributed by atoms with Crippen LogP contribution in [-0.4, -0.2) is 10.2 Å². The second kappa shape index (κ2) is 4.57. The van der Waals surface area contributed by atoms with Crippen molar-refractivity contribution in [2.24, 2.45) is 11.8 Å². The monoisotopic (exact) mass is 194 g/mol. The van der Waals surface area contributed by atoms with Crippen molar-refractivity contribution >= 4 is 0 Å². The van der Waals surface area contributed by atoms with E-state index in [4.69, 9.17) is 5.84 Å². The molecule has 1 aromatic rings. The van der Waals surface area contributed by atoms with E-state index in [2.05, 4.69) is 15.6 Å². The van der Waals surface area contributed by atoms with Gasteiger partial charge >= 0.3 is 0 Å². The fraction of sp³-hybridized carbons (Fsp3) is 0.700. The first-order chi connectivity index (χ1) is 6.92. The minimum atomic E-state index is 0.272. The molecule has 14 heavy (non-hydrogen) atoms. The van der Waals surface area contributed by atoms with Gasteiger partial charge in [-0.1, -0.05) is 19.3 Å². The fourth-order valence-corrected chi connectivity index (χ4v) is 2.40. The summed E-state index contributed by atoms with van der Waals surface area (Å²) in [4.78, 5) is 0. The van der Waals surface area contributed by atoms with Crippen molar-refractivity contribution in [1.82, 2.24) is 15.6 Å². The Hall–Kier alpha value is -0.870. The van der Waals surface area contributed by atoms with E-state index in [0.717, 1.165) is 0 Å². The molecule has 1 aliphatic rings. The summed E-state index contributed by atoms with van der Waals surface area (Å²) in [7, 11) is 0. The molecule has 0 aliphatic heterocycles. The van der Waals surface area contributed by atoms with Crippen LogP contribution in [0, 0.1) is 5.92 Å². The molecule has 1 unspecified atom stereocenters. The predicted molar refractivity (Wildman–Crippen MR) is 55.2 cm³/mol. The molecule has 4 heteroatoms. The molecule has 78 valence electrons. The van der Waals surface area contributed by atoms with Crippen LogP contribution in [0.2, 0.25) is 0 Å². The maximum absolute atomic E-state index is 5.60. The van der Waals surface area contributed by atoms with Crippen molar-refractivity contribution in [2.75, 3.05) is 0 Å². The summed E-state index contributed by atoms with van der Waals surface area (Å²) in [6.07, 6.45) is 10.4. The summed E-state index contributed by atoms with van der Waals surface area (Å²) in [6, 6.07) is 0.272. The Bertz CT molecular complexity index is 251. The summed E-state index contributed by atoms with van der Waals surface area (Å²) >= 11 is 0. The van der Waals surface area contributed by atoms with Gasteiger partial charge in [-0.05, 0) is 18.8 Å². The van der Waals surface area contributed by atoms with Crippen LogP contribution in [-0.2, 0) is 0 Å². The average molecular weight is 194 g/mol. The van der Waals surface area contributed by atoms with Crippen molar-refractivity contribution in [3.8, 4) is 0 Å². The van der Waals surface area contributed by atoms with Crippen LogP contribution in [0.3, 0.4) is 0 Å². The van der Waals surface area contributed by atoms with Crippen LogP contribution in [0.4, 0.5) is 0 Å². The van der Waals surface area contributed by atoms with Crippen molar-refractivity contribution in [2.45, 2.75) is 38.1 Å². The first kappa shape index (κ1) is 9.68. The second-order valence-electron chi connectivity index (χ2n) is 4.07. The Morgan fingerprint density at radius 3 is 2.79 bits per heavy atom. The van der Waals surface area contributed by atoms with Crippen LogP contribution < -0.4 is 11.3 Å². The van der Waals surface area contributed by atoms with Gasteiger partial charge in [0.2, 0.25) is 0 Å². The van der Waals surface area contributed by atoms with Crippen LogP contribution >= 0.6 is 0 Å². The highest BCUT2D eigenvalue weighted by Gasteiger charge is 2.24. The minimum absolute atomic E-state index is 0.272. The maximum atomic E-state index is 5.60. The zero-order valence-electron chi connectivity index (χ0n) is 8.37. The molecule has 0 radical (unpaired) electrons. The maximum Gasteiger partial charge on any atom is 0.0535 e. The quantitative estimate of drug-likeness (QED) is 0.504. The fourth-order valence-electron chi connectivity index (χ4n) is 2.40. The van der Waals surface area contributed by atoms with E-state index < -0.39 is 0 Å². The third-order valence-corrected chi connectivity index (χ3v) is 3.18. The number of aromatic nitrogens is 2. The lowest BCUT2D eigenvalue weighted by Gasteiger charge is -2.28. The summed E-state index contributed by atoms with van der Waals surface area (Å²) < 4.78 is 0. The molecule has 1 saturated carbocycles. The molecule has 1 fully saturated rings. The Kier molecular flexibility index (Phi) is 3.16. The zero-order chi connectivity index (χ0) is 9.80. The lowest BCUT2D eigenvalue weighted by atomic mass is 9.82. The topological polar surface area (TPSA) is 66.7 Å². The Balaban J connectivity index is 2.04. The van der Waals surface area contributed by atoms with Gasteiger partial charge < -0.3 is 0 Å². The second-order valence-corrected chi connectivity index (χ2v) is 4.07. The zero-order valence-corrected chi connectivity index (χ0v) is 8.37. The lowest BCUT2D eigenvalue weighted by molar-refractivity contribution is 0.273. The number of hydrogen-bond acceptors (Lipinski definition) is 3. The van der Waals surface area contributed by atoms with Gasteiger partial charge in [0.15, 0.2) is 0 Å². The summed E-state index contributed by atoms with van der Waals surface area (Å²) in [5, 5.41) is 6.80. The van der Waals surface area contributed by atoms with E-state index in [1.165, 1.54) is 37.7 Å². The van der Waals surface area contributed by atoms with Crippen LogP contribution in [0.5, 0.6) is 0 Å². The van der Waals surface area contributed by atoms with Crippen LogP contribution in [0.1, 0.15) is 43.7 Å².